The summed E-state index contributed by atoms with van der Waals surface area (Å²) in [5.74, 6) is 6.71. The van der Waals surface area contributed by atoms with Crippen molar-refractivity contribution in [1.29, 1.82) is 0 Å². The number of aromatic nitrogens is 1. The van der Waals surface area contributed by atoms with Gasteiger partial charge < -0.3 is 4.74 Å². The number of carbonyl (C=O) groups excluding carboxylic acids is 1. The van der Waals surface area contributed by atoms with Crippen molar-refractivity contribution in [2.75, 3.05) is 7.11 Å². The van der Waals surface area contributed by atoms with Crippen LogP contribution in [0.3, 0.4) is 0 Å². The van der Waals surface area contributed by atoms with Gasteiger partial charge in [0.15, 0.2) is 0 Å². The summed E-state index contributed by atoms with van der Waals surface area (Å²) in [5.41, 5.74) is 4.50. The molecule has 38 heavy (non-hydrogen) atoms. The molecule has 0 bridgehead atoms. The van der Waals surface area contributed by atoms with E-state index in [-0.39, 0.29) is 0 Å². The van der Waals surface area contributed by atoms with Crippen LogP contribution in [0.5, 0.6) is 5.75 Å². The highest BCUT2D eigenvalue weighted by molar-refractivity contribution is 5.95. The zero-order chi connectivity index (χ0) is 26.8. The number of hydrogen-bond acceptors (Lipinski definition) is 2. The summed E-state index contributed by atoms with van der Waals surface area (Å²) in [4.78, 5) is 12.5. The number of ether oxygens (including phenoxy) is 1. The number of rotatable bonds is 7. The molecule has 8 unspecified atom stereocenters. The fraction of sp³-hybridized carbons (Fsp3) is 0.743. The Morgan fingerprint density at radius 2 is 1.82 bits per heavy atom. The van der Waals surface area contributed by atoms with Gasteiger partial charge in [-0.3, -0.25) is 9.36 Å². The lowest BCUT2D eigenvalue weighted by Gasteiger charge is -2.60. The van der Waals surface area contributed by atoms with Crippen LogP contribution in [0.4, 0.5) is 0 Å². The quantitative estimate of drug-likeness (QED) is 0.344. The summed E-state index contributed by atoms with van der Waals surface area (Å²) in [6, 6.07) is 6.29. The molecule has 0 amide bonds. The minimum Gasteiger partial charge on any atom is -0.495 e. The number of nitrogens with zero attached hydrogens (tertiary/aromatic N) is 1. The second-order valence-corrected chi connectivity index (χ2v) is 14.8. The predicted octanol–water partition coefficient (Wildman–Crippen LogP) is 8.72. The van der Waals surface area contributed by atoms with Gasteiger partial charge in [-0.2, -0.15) is 0 Å². The van der Waals surface area contributed by atoms with Gasteiger partial charge in [0, 0.05) is 11.1 Å². The van der Waals surface area contributed by atoms with Gasteiger partial charge in [0.1, 0.15) is 5.75 Å². The smallest absolute Gasteiger partial charge is 0.218 e. The Kier molecular flexibility index (Phi) is 6.75. The maximum Gasteiger partial charge on any atom is 0.218 e. The third kappa shape index (κ3) is 3.84. The molecule has 1 aromatic heterocycles. The van der Waals surface area contributed by atoms with Gasteiger partial charge in [-0.05, 0) is 115 Å². The van der Waals surface area contributed by atoms with Crippen LogP contribution in [-0.4, -0.2) is 18.1 Å². The summed E-state index contributed by atoms with van der Waals surface area (Å²) in [6.45, 7) is 12.6. The van der Waals surface area contributed by atoms with E-state index in [4.69, 9.17) is 4.74 Å². The maximum absolute atomic E-state index is 12.5. The number of para-hydroxylation sites is 1. The van der Waals surface area contributed by atoms with E-state index in [0.717, 1.165) is 71.9 Å². The second-order valence-electron chi connectivity index (χ2n) is 14.8. The second kappa shape index (κ2) is 9.70. The standard InChI is InChI=1S/C35H51NO2/c1-22(2)9-7-10-23(3)28-15-16-29-26-14-13-24-19-27-25-11-8-12-32(38-6)33(25)36(21-37)31(27)20-35(24,5)30(26)17-18-34(28,29)4/h8,11-12,21-24,26,28-30H,7,9-10,13-20H2,1-6H3. The van der Waals surface area contributed by atoms with Crippen LogP contribution >= 0.6 is 0 Å². The first-order valence-corrected chi connectivity index (χ1v) is 15.9. The van der Waals surface area contributed by atoms with E-state index in [9.17, 15) is 4.79 Å². The van der Waals surface area contributed by atoms with E-state index in [0.29, 0.717) is 10.8 Å². The van der Waals surface area contributed by atoms with Crippen molar-refractivity contribution in [3.63, 3.8) is 0 Å². The zero-order valence-electron chi connectivity index (χ0n) is 24.9. The highest BCUT2D eigenvalue weighted by atomic mass is 16.5. The third-order valence-electron chi connectivity index (χ3n) is 12.8. The average molecular weight is 518 g/mol. The van der Waals surface area contributed by atoms with Crippen molar-refractivity contribution < 1.29 is 9.53 Å². The molecule has 0 radical (unpaired) electrons. The molecule has 3 nitrogen and oxygen atoms in total. The van der Waals surface area contributed by atoms with Crippen molar-refractivity contribution in [2.45, 2.75) is 105 Å². The first-order valence-electron chi connectivity index (χ1n) is 15.9. The lowest BCUT2D eigenvalue weighted by atomic mass is 9.44. The largest absolute Gasteiger partial charge is 0.495 e. The van der Waals surface area contributed by atoms with Crippen LogP contribution in [0.2, 0.25) is 0 Å². The molecule has 208 valence electrons. The van der Waals surface area contributed by atoms with Gasteiger partial charge in [-0.25, -0.2) is 0 Å². The van der Waals surface area contributed by atoms with Crippen molar-refractivity contribution >= 4 is 17.3 Å². The normalized spacial score (nSPS) is 36.9. The Morgan fingerprint density at radius 3 is 2.55 bits per heavy atom. The van der Waals surface area contributed by atoms with Gasteiger partial charge in [-0.15, -0.1) is 0 Å². The molecule has 4 aliphatic carbocycles. The van der Waals surface area contributed by atoms with Crippen LogP contribution in [0.1, 0.15) is 104 Å². The Morgan fingerprint density at radius 1 is 1.03 bits per heavy atom. The molecule has 3 fully saturated rings. The topological polar surface area (TPSA) is 31.2 Å². The molecule has 4 aliphatic rings. The fourth-order valence-electron chi connectivity index (χ4n) is 10.9. The van der Waals surface area contributed by atoms with Crippen molar-refractivity contribution in [3.8, 4) is 5.75 Å². The van der Waals surface area contributed by atoms with E-state index in [2.05, 4.69) is 46.8 Å². The number of hydrogen-bond donors (Lipinski definition) is 0. The van der Waals surface area contributed by atoms with Crippen molar-refractivity contribution in [1.82, 2.24) is 4.57 Å². The molecular weight excluding hydrogens is 466 g/mol. The summed E-state index contributed by atoms with van der Waals surface area (Å²) >= 11 is 0. The van der Waals surface area contributed by atoms with E-state index in [1.54, 1.807) is 7.11 Å². The van der Waals surface area contributed by atoms with E-state index in [1.807, 2.05) is 10.6 Å². The molecule has 8 atom stereocenters. The van der Waals surface area contributed by atoms with Crippen molar-refractivity contribution in [2.24, 2.45) is 52.3 Å². The van der Waals surface area contributed by atoms with Gasteiger partial charge in [0.25, 0.3) is 0 Å². The molecule has 0 aliphatic heterocycles. The molecule has 0 N–H and O–H groups in total. The van der Waals surface area contributed by atoms with Crippen LogP contribution < -0.4 is 4.74 Å². The molecule has 1 aromatic carbocycles. The van der Waals surface area contributed by atoms with Gasteiger partial charge in [0.05, 0.1) is 12.6 Å². The first-order chi connectivity index (χ1) is 18.2. The van der Waals surface area contributed by atoms with Gasteiger partial charge >= 0.3 is 0 Å². The minimum absolute atomic E-state index is 0.292. The lowest BCUT2D eigenvalue weighted by Crippen LogP contribution is -2.54. The summed E-state index contributed by atoms with van der Waals surface area (Å²) in [5, 5.41) is 1.23. The van der Waals surface area contributed by atoms with Crippen LogP contribution in [0, 0.1) is 52.3 Å². The number of fused-ring (bicyclic) bond motifs is 8. The molecule has 0 saturated heterocycles. The molecular formula is C35H51NO2. The Labute approximate surface area is 231 Å². The summed E-state index contributed by atoms with van der Waals surface area (Å²) in [6.07, 6.45) is 15.9. The molecule has 6 rings (SSSR count). The predicted molar refractivity (Wildman–Crippen MR) is 157 cm³/mol. The molecule has 1 heterocycles. The Balaban J connectivity index is 1.28. The molecule has 2 aromatic rings. The van der Waals surface area contributed by atoms with Gasteiger partial charge in [0.2, 0.25) is 6.41 Å². The molecule has 3 heteroatoms. The first kappa shape index (κ1) is 26.5. The van der Waals surface area contributed by atoms with Gasteiger partial charge in [-0.1, -0.05) is 66.0 Å². The van der Waals surface area contributed by atoms with Crippen molar-refractivity contribution in [3.05, 3.63) is 29.5 Å². The highest BCUT2D eigenvalue weighted by Crippen LogP contribution is 2.68. The number of benzene rings is 1. The third-order valence-corrected chi connectivity index (χ3v) is 12.8. The van der Waals surface area contributed by atoms with Crippen LogP contribution in [0.25, 0.3) is 10.9 Å². The number of carbonyl (C=O) groups is 1. The SMILES string of the molecule is COc1cccc2c3c(n(C=O)c12)CC1(C)C(CCC2C1CCC1(C)C(C(C)CCCC(C)C)CCC21)C3. The summed E-state index contributed by atoms with van der Waals surface area (Å²) in [7, 11) is 1.72. The molecule has 3 saturated carbocycles. The van der Waals surface area contributed by atoms with Crippen LogP contribution in [-0.2, 0) is 17.6 Å². The maximum atomic E-state index is 12.5. The summed E-state index contributed by atoms with van der Waals surface area (Å²) < 4.78 is 7.67. The highest BCUT2D eigenvalue weighted by Gasteiger charge is 2.60. The van der Waals surface area contributed by atoms with E-state index < -0.39 is 0 Å². The monoisotopic (exact) mass is 517 g/mol. The Hall–Kier alpha value is -1.77. The zero-order valence-corrected chi connectivity index (χ0v) is 24.9. The average Bonchev–Trinajstić information content (AvgIpc) is 3.40. The van der Waals surface area contributed by atoms with E-state index >= 15 is 0 Å². The van der Waals surface area contributed by atoms with E-state index in [1.165, 1.54) is 74.4 Å². The molecule has 0 spiro atoms. The lowest BCUT2D eigenvalue weighted by molar-refractivity contribution is -0.103. The Bertz CT molecular complexity index is 1190. The minimum atomic E-state index is 0.292. The number of methoxy groups -OCH3 is 1. The van der Waals surface area contributed by atoms with Crippen LogP contribution in [0.15, 0.2) is 18.2 Å². The fourth-order valence-corrected chi connectivity index (χ4v) is 10.9.